The van der Waals surface area contributed by atoms with Gasteiger partial charge in [-0.05, 0) is 12.1 Å². The maximum Gasteiger partial charge on any atom is 0.239 e. The Morgan fingerprint density at radius 2 is 2.39 bits per heavy atom. The first-order valence-corrected chi connectivity index (χ1v) is 8.08. The summed E-state index contributed by atoms with van der Waals surface area (Å²) < 4.78 is 9.28. The van der Waals surface area contributed by atoms with Crippen molar-refractivity contribution in [3.63, 3.8) is 0 Å². The highest BCUT2D eigenvalue weighted by atomic mass is 32.1. The Hall–Kier alpha value is -2.26. The molecule has 0 unspecified atom stereocenters. The molecule has 1 aliphatic rings. The van der Waals surface area contributed by atoms with Crippen LogP contribution in [0.5, 0.6) is 0 Å². The first-order chi connectivity index (χ1) is 11.2. The van der Waals surface area contributed by atoms with Crippen LogP contribution in [-0.2, 0) is 16.0 Å². The lowest BCUT2D eigenvalue weighted by Crippen LogP contribution is -2.48. The Balaban J connectivity index is 1.61. The molecule has 1 amide bonds. The molecule has 0 bridgehead atoms. The highest BCUT2D eigenvalue weighted by Gasteiger charge is 2.17. The SMILES string of the molecule is COCCc1nsc(Nc2ccc(N3CCNC(=O)C3)nc2)n1. The molecule has 2 N–H and O–H groups in total. The molecule has 0 aromatic carbocycles. The molecule has 3 heterocycles. The number of hydrogen-bond acceptors (Lipinski definition) is 8. The maximum absolute atomic E-state index is 11.4. The van der Waals surface area contributed by atoms with Gasteiger partial charge in [0, 0.05) is 38.2 Å². The van der Waals surface area contributed by atoms with Gasteiger partial charge in [0.25, 0.3) is 0 Å². The number of aromatic nitrogens is 3. The van der Waals surface area contributed by atoms with Crippen LogP contribution in [0.15, 0.2) is 18.3 Å². The first kappa shape index (κ1) is 15.6. The molecule has 0 saturated carbocycles. The summed E-state index contributed by atoms with van der Waals surface area (Å²) in [6, 6.07) is 3.82. The third-order valence-corrected chi connectivity index (χ3v) is 4.03. The summed E-state index contributed by atoms with van der Waals surface area (Å²) in [4.78, 5) is 22.2. The average Bonchev–Trinajstić information content (AvgIpc) is 3.01. The van der Waals surface area contributed by atoms with Crippen molar-refractivity contribution in [3.8, 4) is 0 Å². The molecule has 8 nitrogen and oxygen atoms in total. The average molecular weight is 334 g/mol. The van der Waals surface area contributed by atoms with E-state index in [0.29, 0.717) is 26.1 Å². The fraction of sp³-hybridized carbons (Fsp3) is 0.429. The quantitative estimate of drug-likeness (QED) is 0.807. The number of nitrogens with zero attached hydrogens (tertiary/aromatic N) is 4. The molecule has 122 valence electrons. The number of carbonyl (C=O) groups is 1. The van der Waals surface area contributed by atoms with Crippen molar-refractivity contribution in [2.75, 3.05) is 43.6 Å². The fourth-order valence-corrected chi connectivity index (χ4v) is 2.84. The largest absolute Gasteiger partial charge is 0.384 e. The van der Waals surface area contributed by atoms with Gasteiger partial charge in [0.15, 0.2) is 0 Å². The van der Waals surface area contributed by atoms with Gasteiger partial charge in [0.05, 0.1) is 25.0 Å². The highest BCUT2D eigenvalue weighted by molar-refractivity contribution is 7.09. The van der Waals surface area contributed by atoms with E-state index in [2.05, 4.69) is 25.0 Å². The molecule has 0 aliphatic carbocycles. The number of amides is 1. The summed E-state index contributed by atoms with van der Waals surface area (Å²) in [6.45, 7) is 2.37. The van der Waals surface area contributed by atoms with Crippen LogP contribution in [-0.4, -0.2) is 53.6 Å². The third-order valence-electron chi connectivity index (χ3n) is 3.36. The van der Waals surface area contributed by atoms with Crippen LogP contribution in [0.4, 0.5) is 16.6 Å². The Bertz CT molecular complexity index is 660. The molecule has 3 rings (SSSR count). The summed E-state index contributed by atoms with van der Waals surface area (Å²) in [5, 5.41) is 6.71. The number of ether oxygens (including phenoxy) is 1. The number of carbonyl (C=O) groups excluding carboxylic acids is 1. The number of hydrogen-bond donors (Lipinski definition) is 2. The Morgan fingerprint density at radius 3 is 3.13 bits per heavy atom. The minimum absolute atomic E-state index is 0.0256. The number of piperazine rings is 1. The van der Waals surface area contributed by atoms with Gasteiger partial charge in [-0.1, -0.05) is 0 Å². The molecule has 9 heteroatoms. The summed E-state index contributed by atoms with van der Waals surface area (Å²) in [7, 11) is 1.66. The number of methoxy groups -OCH3 is 1. The molecular weight excluding hydrogens is 316 g/mol. The van der Waals surface area contributed by atoms with E-state index in [4.69, 9.17) is 4.74 Å². The lowest BCUT2D eigenvalue weighted by Gasteiger charge is -2.27. The molecule has 23 heavy (non-hydrogen) atoms. The van der Waals surface area contributed by atoms with Gasteiger partial charge < -0.3 is 20.3 Å². The van der Waals surface area contributed by atoms with E-state index in [0.717, 1.165) is 29.0 Å². The topological polar surface area (TPSA) is 92.3 Å². The van der Waals surface area contributed by atoms with E-state index < -0.39 is 0 Å². The van der Waals surface area contributed by atoms with Crippen LogP contribution in [0.2, 0.25) is 0 Å². The minimum atomic E-state index is 0.0256. The third kappa shape index (κ3) is 4.14. The van der Waals surface area contributed by atoms with E-state index >= 15 is 0 Å². The molecule has 0 spiro atoms. The van der Waals surface area contributed by atoms with Crippen molar-refractivity contribution in [1.82, 2.24) is 19.7 Å². The molecule has 1 fully saturated rings. The molecule has 2 aromatic rings. The van der Waals surface area contributed by atoms with Gasteiger partial charge in [0.1, 0.15) is 11.6 Å². The van der Waals surface area contributed by atoms with Crippen molar-refractivity contribution >= 4 is 34.1 Å². The zero-order valence-electron chi connectivity index (χ0n) is 12.8. The predicted molar refractivity (Wildman–Crippen MR) is 88.2 cm³/mol. The Kier molecular flexibility index (Phi) is 4.99. The van der Waals surface area contributed by atoms with E-state index in [-0.39, 0.29) is 5.91 Å². The van der Waals surface area contributed by atoms with Crippen LogP contribution in [0.25, 0.3) is 0 Å². The van der Waals surface area contributed by atoms with Crippen LogP contribution in [0.3, 0.4) is 0 Å². The van der Waals surface area contributed by atoms with Gasteiger partial charge in [-0.2, -0.15) is 4.37 Å². The number of rotatable bonds is 6. The van der Waals surface area contributed by atoms with Crippen molar-refractivity contribution < 1.29 is 9.53 Å². The van der Waals surface area contributed by atoms with E-state index in [9.17, 15) is 4.79 Å². The molecule has 0 radical (unpaired) electrons. The van der Waals surface area contributed by atoms with E-state index in [1.54, 1.807) is 13.3 Å². The summed E-state index contributed by atoms with van der Waals surface area (Å²) in [5.41, 5.74) is 0.838. The summed E-state index contributed by atoms with van der Waals surface area (Å²) in [5.74, 6) is 1.59. The number of pyridine rings is 1. The number of nitrogens with one attached hydrogen (secondary N) is 2. The molecule has 0 atom stereocenters. The zero-order valence-corrected chi connectivity index (χ0v) is 13.6. The first-order valence-electron chi connectivity index (χ1n) is 7.31. The van der Waals surface area contributed by atoms with Crippen LogP contribution >= 0.6 is 11.5 Å². The summed E-state index contributed by atoms with van der Waals surface area (Å²) >= 11 is 1.31. The van der Waals surface area contributed by atoms with Gasteiger partial charge in [-0.15, -0.1) is 0 Å². The second-order valence-electron chi connectivity index (χ2n) is 5.06. The smallest absolute Gasteiger partial charge is 0.239 e. The van der Waals surface area contributed by atoms with Gasteiger partial charge in [-0.3, -0.25) is 4.79 Å². The standard InChI is InChI=1S/C14H18N6O2S/c1-22-7-4-11-18-14(23-19-11)17-10-2-3-12(16-8-10)20-6-5-15-13(21)9-20/h2-3,8H,4-7,9H2,1H3,(H,15,21)(H,17,18,19). The lowest BCUT2D eigenvalue weighted by atomic mass is 10.3. The van der Waals surface area contributed by atoms with Crippen molar-refractivity contribution in [2.45, 2.75) is 6.42 Å². The van der Waals surface area contributed by atoms with Crippen molar-refractivity contribution in [3.05, 3.63) is 24.2 Å². The summed E-state index contributed by atoms with van der Waals surface area (Å²) in [6.07, 6.45) is 2.43. The van der Waals surface area contributed by atoms with Crippen molar-refractivity contribution in [2.24, 2.45) is 0 Å². The normalized spacial score (nSPS) is 14.7. The fourth-order valence-electron chi connectivity index (χ4n) is 2.20. The second kappa shape index (κ2) is 7.34. The van der Waals surface area contributed by atoms with Crippen molar-refractivity contribution in [1.29, 1.82) is 0 Å². The van der Waals surface area contributed by atoms with Crippen LogP contribution in [0.1, 0.15) is 5.82 Å². The highest BCUT2D eigenvalue weighted by Crippen LogP contribution is 2.20. The van der Waals surface area contributed by atoms with Crippen LogP contribution < -0.4 is 15.5 Å². The number of anilines is 3. The van der Waals surface area contributed by atoms with Gasteiger partial charge >= 0.3 is 0 Å². The molecule has 1 saturated heterocycles. The predicted octanol–water partition coefficient (Wildman–Crippen LogP) is 0.802. The van der Waals surface area contributed by atoms with E-state index in [1.807, 2.05) is 17.0 Å². The molecule has 2 aromatic heterocycles. The van der Waals surface area contributed by atoms with E-state index in [1.165, 1.54) is 11.5 Å². The van der Waals surface area contributed by atoms with Gasteiger partial charge in [-0.25, -0.2) is 9.97 Å². The second-order valence-corrected chi connectivity index (χ2v) is 5.81. The molecule has 1 aliphatic heterocycles. The Morgan fingerprint density at radius 1 is 1.48 bits per heavy atom. The lowest BCUT2D eigenvalue weighted by molar-refractivity contribution is -0.120. The monoisotopic (exact) mass is 334 g/mol. The zero-order chi connectivity index (χ0) is 16.1. The molecular formula is C14H18N6O2S. The Labute approximate surface area is 138 Å². The minimum Gasteiger partial charge on any atom is -0.384 e. The van der Waals surface area contributed by atoms with Crippen LogP contribution in [0, 0.1) is 0 Å². The van der Waals surface area contributed by atoms with Gasteiger partial charge in [0.2, 0.25) is 11.0 Å². The maximum atomic E-state index is 11.4.